The largest absolute Gasteiger partial charge is 0.383 e. The molecule has 0 aliphatic carbocycles. The van der Waals surface area contributed by atoms with Crippen LogP contribution in [0.3, 0.4) is 0 Å². The number of aromatic nitrogens is 2. The van der Waals surface area contributed by atoms with Crippen molar-refractivity contribution in [3.05, 3.63) is 34.4 Å². The van der Waals surface area contributed by atoms with Crippen LogP contribution in [0.15, 0.2) is 23.1 Å². The van der Waals surface area contributed by atoms with Crippen LogP contribution >= 0.6 is 7.60 Å². The van der Waals surface area contributed by atoms with Crippen LogP contribution in [0.4, 0.5) is 5.82 Å². The molecule has 0 unspecified atom stereocenters. The first-order valence-corrected chi connectivity index (χ1v) is 7.97. The SMILES string of the molecule is CCc1cn([C@H]2C=C[C@@H](OCP(=O)(O)O)O2)c(=O)nc1N. The molecular formula is C11H16N3O6P. The first-order valence-electron chi connectivity index (χ1n) is 6.17. The summed E-state index contributed by atoms with van der Waals surface area (Å²) in [7, 11) is -4.27. The highest BCUT2D eigenvalue weighted by Gasteiger charge is 2.25. The lowest BCUT2D eigenvalue weighted by Crippen LogP contribution is -2.29. The van der Waals surface area contributed by atoms with Gasteiger partial charge in [0.1, 0.15) is 5.82 Å². The topological polar surface area (TPSA) is 137 Å². The van der Waals surface area contributed by atoms with Gasteiger partial charge in [-0.25, -0.2) is 4.79 Å². The average Bonchev–Trinajstić information content (AvgIpc) is 2.84. The van der Waals surface area contributed by atoms with Gasteiger partial charge in [-0.05, 0) is 18.6 Å². The fourth-order valence-electron chi connectivity index (χ4n) is 1.81. The Morgan fingerprint density at radius 3 is 2.86 bits per heavy atom. The minimum absolute atomic E-state index is 0.176. The summed E-state index contributed by atoms with van der Waals surface area (Å²) in [4.78, 5) is 33.0. The van der Waals surface area contributed by atoms with Gasteiger partial charge in [0.25, 0.3) is 0 Å². The van der Waals surface area contributed by atoms with Crippen LogP contribution < -0.4 is 11.4 Å². The molecule has 4 N–H and O–H groups in total. The fraction of sp³-hybridized carbons (Fsp3) is 0.455. The number of hydrogen-bond donors (Lipinski definition) is 3. The minimum Gasteiger partial charge on any atom is -0.383 e. The molecule has 2 heterocycles. The molecule has 1 aliphatic rings. The molecule has 0 spiro atoms. The van der Waals surface area contributed by atoms with Crippen LogP contribution in [-0.2, 0) is 20.5 Å². The van der Waals surface area contributed by atoms with E-state index in [-0.39, 0.29) is 5.82 Å². The third kappa shape index (κ3) is 3.99. The van der Waals surface area contributed by atoms with E-state index in [0.717, 1.165) is 0 Å². The van der Waals surface area contributed by atoms with Gasteiger partial charge in [-0.3, -0.25) is 9.13 Å². The van der Waals surface area contributed by atoms with Crippen LogP contribution in [0.1, 0.15) is 18.7 Å². The van der Waals surface area contributed by atoms with Gasteiger partial charge in [0.15, 0.2) is 18.9 Å². The van der Waals surface area contributed by atoms with E-state index in [4.69, 9.17) is 25.0 Å². The van der Waals surface area contributed by atoms with Gasteiger partial charge in [-0.15, -0.1) is 0 Å². The molecule has 0 aromatic carbocycles. The number of nitrogen functional groups attached to an aromatic ring is 1. The maximum absolute atomic E-state index is 11.8. The van der Waals surface area contributed by atoms with Gasteiger partial charge >= 0.3 is 13.3 Å². The molecule has 0 amide bonds. The van der Waals surface area contributed by atoms with Gasteiger partial charge < -0.3 is 25.0 Å². The summed E-state index contributed by atoms with van der Waals surface area (Å²) >= 11 is 0. The highest BCUT2D eigenvalue weighted by molar-refractivity contribution is 7.51. The third-order valence-corrected chi connectivity index (χ3v) is 3.31. The summed E-state index contributed by atoms with van der Waals surface area (Å²) in [6.45, 7) is 1.87. The molecule has 0 radical (unpaired) electrons. The van der Waals surface area contributed by atoms with Gasteiger partial charge in [-0.1, -0.05) is 6.92 Å². The number of nitrogens with zero attached hydrogens (tertiary/aromatic N) is 2. The second-order valence-electron chi connectivity index (χ2n) is 4.44. The summed E-state index contributed by atoms with van der Waals surface area (Å²) in [6, 6.07) is 0. The standard InChI is InChI=1S/C11H16N3O6P/c1-2-7-5-14(11(15)13-10(7)12)8-3-4-9(20-8)19-6-21(16,17)18/h3-5,8-9H,2,6H2,1H3,(H2,12,13,15)(H2,16,17,18)/t8-,9+/m1/s1. The molecule has 1 aromatic heterocycles. The van der Waals surface area contributed by atoms with Crippen molar-refractivity contribution in [1.82, 2.24) is 9.55 Å². The van der Waals surface area contributed by atoms with Crippen molar-refractivity contribution in [2.75, 3.05) is 12.1 Å². The lowest BCUT2D eigenvalue weighted by molar-refractivity contribution is -0.127. The van der Waals surface area contributed by atoms with E-state index < -0.39 is 32.2 Å². The molecule has 1 aliphatic heterocycles. The Morgan fingerprint density at radius 2 is 2.24 bits per heavy atom. The van der Waals surface area contributed by atoms with Crippen molar-refractivity contribution in [2.45, 2.75) is 25.9 Å². The Kier molecular flexibility index (Phi) is 4.60. The number of anilines is 1. The molecular weight excluding hydrogens is 301 g/mol. The van der Waals surface area contributed by atoms with Crippen molar-refractivity contribution in [1.29, 1.82) is 0 Å². The van der Waals surface area contributed by atoms with Crippen molar-refractivity contribution in [2.24, 2.45) is 0 Å². The first-order chi connectivity index (χ1) is 9.80. The smallest absolute Gasteiger partial charge is 0.351 e. The number of nitrogens with two attached hydrogens (primary N) is 1. The molecule has 0 bridgehead atoms. The average molecular weight is 317 g/mol. The minimum atomic E-state index is -4.27. The number of ether oxygens (including phenoxy) is 2. The first kappa shape index (κ1) is 15.9. The lowest BCUT2D eigenvalue weighted by atomic mass is 10.2. The van der Waals surface area contributed by atoms with Crippen LogP contribution in [-0.4, -0.2) is 32.0 Å². The molecule has 2 rings (SSSR count). The highest BCUT2D eigenvalue weighted by Crippen LogP contribution is 2.35. The van der Waals surface area contributed by atoms with Crippen LogP contribution in [0.25, 0.3) is 0 Å². The van der Waals surface area contributed by atoms with E-state index in [1.165, 1.54) is 10.6 Å². The summed E-state index contributed by atoms with van der Waals surface area (Å²) in [5, 5.41) is 0. The van der Waals surface area contributed by atoms with Gasteiger partial charge in [-0.2, -0.15) is 4.98 Å². The van der Waals surface area contributed by atoms with Crippen LogP contribution in [0, 0.1) is 0 Å². The van der Waals surface area contributed by atoms with Crippen molar-refractivity contribution >= 4 is 13.4 Å². The monoisotopic (exact) mass is 317 g/mol. The van der Waals surface area contributed by atoms with Gasteiger partial charge in [0.05, 0.1) is 0 Å². The summed E-state index contributed by atoms with van der Waals surface area (Å²) in [5.74, 6) is 0.176. The van der Waals surface area contributed by atoms with Crippen molar-refractivity contribution in [3.8, 4) is 0 Å². The maximum atomic E-state index is 11.8. The van der Waals surface area contributed by atoms with Gasteiger partial charge in [0, 0.05) is 11.8 Å². The zero-order valence-corrected chi connectivity index (χ0v) is 12.1. The second-order valence-corrected chi connectivity index (χ2v) is 6.02. The predicted molar refractivity (Wildman–Crippen MR) is 73.3 cm³/mol. The Bertz CT molecular complexity index is 652. The summed E-state index contributed by atoms with van der Waals surface area (Å²) in [6.07, 6.45) is 2.72. The molecule has 1 aromatic rings. The number of hydrogen-bond acceptors (Lipinski definition) is 6. The molecule has 0 saturated carbocycles. The molecule has 0 saturated heterocycles. The molecule has 0 fully saturated rings. The van der Waals surface area contributed by atoms with Crippen LogP contribution in [0.5, 0.6) is 0 Å². The number of rotatable bonds is 5. The zero-order chi connectivity index (χ0) is 15.6. The Labute approximate surface area is 120 Å². The fourth-order valence-corrected chi connectivity index (χ4v) is 2.16. The van der Waals surface area contributed by atoms with Gasteiger partial charge in [0.2, 0.25) is 0 Å². The third-order valence-electron chi connectivity index (χ3n) is 2.83. The van der Waals surface area contributed by atoms with Crippen molar-refractivity contribution < 1.29 is 23.8 Å². The molecule has 2 atom stereocenters. The van der Waals surface area contributed by atoms with E-state index in [1.54, 1.807) is 12.3 Å². The molecule has 10 heteroatoms. The maximum Gasteiger partial charge on any atom is 0.351 e. The number of aryl methyl sites for hydroxylation is 1. The predicted octanol–water partition coefficient (Wildman–Crippen LogP) is -0.0492. The highest BCUT2D eigenvalue weighted by atomic mass is 31.2. The normalized spacial score (nSPS) is 21.9. The molecule has 116 valence electrons. The quantitative estimate of drug-likeness (QED) is 0.508. The zero-order valence-electron chi connectivity index (χ0n) is 11.2. The second kappa shape index (κ2) is 6.08. The van der Waals surface area contributed by atoms with E-state index in [1.807, 2.05) is 6.92 Å². The Hall–Kier alpha value is -1.51. The Balaban J connectivity index is 2.10. The van der Waals surface area contributed by atoms with Crippen molar-refractivity contribution in [3.63, 3.8) is 0 Å². The van der Waals surface area contributed by atoms with E-state index in [9.17, 15) is 9.36 Å². The summed E-state index contributed by atoms with van der Waals surface area (Å²) in [5.41, 5.74) is 5.75. The summed E-state index contributed by atoms with van der Waals surface area (Å²) < 4.78 is 22.2. The molecule has 21 heavy (non-hydrogen) atoms. The van der Waals surface area contributed by atoms with E-state index in [0.29, 0.717) is 12.0 Å². The Morgan fingerprint density at radius 1 is 1.52 bits per heavy atom. The van der Waals surface area contributed by atoms with E-state index in [2.05, 4.69) is 4.98 Å². The lowest BCUT2D eigenvalue weighted by Gasteiger charge is -2.17. The van der Waals surface area contributed by atoms with Crippen LogP contribution in [0.2, 0.25) is 0 Å². The van der Waals surface area contributed by atoms with E-state index >= 15 is 0 Å². The molecule has 9 nitrogen and oxygen atoms in total.